The van der Waals surface area contributed by atoms with Gasteiger partial charge in [0.2, 0.25) is 5.91 Å². The van der Waals surface area contributed by atoms with Crippen LogP contribution in [0, 0.1) is 0 Å². The molecule has 1 unspecified atom stereocenters. The first-order chi connectivity index (χ1) is 11.1. The monoisotopic (exact) mass is 306 g/mol. The maximum atomic E-state index is 13.5. The number of para-hydroxylation sites is 1. The number of benzene rings is 2. The van der Waals surface area contributed by atoms with Gasteiger partial charge in [0.1, 0.15) is 0 Å². The van der Waals surface area contributed by atoms with Gasteiger partial charge >= 0.3 is 0 Å². The fourth-order valence-corrected chi connectivity index (χ4v) is 4.32. The number of anilines is 1. The molecule has 2 heterocycles. The Morgan fingerprint density at radius 2 is 1.74 bits per heavy atom. The molecule has 0 radical (unpaired) electrons. The molecule has 0 bridgehead atoms. The van der Waals surface area contributed by atoms with Gasteiger partial charge in [0, 0.05) is 11.2 Å². The van der Waals surface area contributed by atoms with Gasteiger partial charge < -0.3 is 10.2 Å². The molecule has 2 aromatic carbocycles. The zero-order valence-corrected chi connectivity index (χ0v) is 13.7. The Kier molecular flexibility index (Phi) is 3.10. The van der Waals surface area contributed by atoms with E-state index in [1.54, 1.807) is 0 Å². The van der Waals surface area contributed by atoms with Gasteiger partial charge in [-0.3, -0.25) is 4.79 Å². The van der Waals surface area contributed by atoms with Crippen LogP contribution in [0.1, 0.15) is 31.4 Å². The van der Waals surface area contributed by atoms with Gasteiger partial charge in [-0.2, -0.15) is 0 Å². The molecule has 2 aliphatic rings. The Hall–Kier alpha value is -2.13. The predicted octanol–water partition coefficient (Wildman–Crippen LogP) is 3.24. The highest BCUT2D eigenvalue weighted by Gasteiger charge is 2.61. The minimum absolute atomic E-state index is 0.231. The van der Waals surface area contributed by atoms with Crippen molar-refractivity contribution in [2.75, 3.05) is 11.4 Å². The molecular formula is C20H22N2O. The first-order valence-electron chi connectivity index (χ1n) is 8.27. The van der Waals surface area contributed by atoms with E-state index in [1.165, 1.54) is 5.56 Å². The van der Waals surface area contributed by atoms with Gasteiger partial charge in [-0.1, -0.05) is 48.5 Å². The van der Waals surface area contributed by atoms with E-state index in [2.05, 4.69) is 43.4 Å². The number of amides is 1. The van der Waals surface area contributed by atoms with Gasteiger partial charge in [-0.05, 0) is 44.0 Å². The lowest BCUT2D eigenvalue weighted by Crippen LogP contribution is -2.55. The summed E-state index contributed by atoms with van der Waals surface area (Å²) in [5, 5.41) is 3.54. The van der Waals surface area contributed by atoms with E-state index < -0.39 is 5.41 Å². The van der Waals surface area contributed by atoms with Crippen molar-refractivity contribution in [2.24, 2.45) is 0 Å². The Balaban J connectivity index is 1.83. The Morgan fingerprint density at radius 1 is 1.04 bits per heavy atom. The van der Waals surface area contributed by atoms with Crippen LogP contribution in [0.25, 0.3) is 0 Å². The molecule has 1 amide bonds. The van der Waals surface area contributed by atoms with Crippen LogP contribution in [0.2, 0.25) is 0 Å². The van der Waals surface area contributed by atoms with Gasteiger partial charge in [-0.25, -0.2) is 0 Å². The number of carbonyl (C=O) groups excluding carboxylic acids is 1. The molecule has 1 saturated heterocycles. The predicted molar refractivity (Wildman–Crippen MR) is 92.5 cm³/mol. The van der Waals surface area contributed by atoms with E-state index in [0.29, 0.717) is 6.54 Å². The second kappa shape index (κ2) is 4.93. The third-order valence-electron chi connectivity index (χ3n) is 5.58. The molecule has 1 atom stereocenters. The minimum atomic E-state index is -0.446. The second-order valence-corrected chi connectivity index (χ2v) is 7.10. The van der Waals surface area contributed by atoms with Crippen molar-refractivity contribution in [3.63, 3.8) is 0 Å². The Labute approximate surface area is 137 Å². The van der Waals surface area contributed by atoms with Crippen molar-refractivity contribution >= 4 is 11.6 Å². The Bertz CT molecular complexity index is 753. The molecule has 0 aromatic heterocycles. The lowest BCUT2D eigenvalue weighted by Gasteiger charge is -2.37. The average molecular weight is 306 g/mol. The molecule has 118 valence electrons. The molecule has 23 heavy (non-hydrogen) atoms. The molecule has 1 fully saturated rings. The summed E-state index contributed by atoms with van der Waals surface area (Å²) in [6.07, 6.45) is 0.862. The van der Waals surface area contributed by atoms with Crippen molar-refractivity contribution in [3.8, 4) is 0 Å². The molecule has 0 aliphatic carbocycles. The molecule has 1 spiro atoms. The third-order valence-corrected chi connectivity index (χ3v) is 5.58. The van der Waals surface area contributed by atoms with Crippen molar-refractivity contribution in [1.29, 1.82) is 0 Å². The molecule has 0 saturated carbocycles. The summed E-state index contributed by atoms with van der Waals surface area (Å²) in [5.74, 6) is 0.234. The SMILES string of the molecule is CC1(C)NCCC12C(=O)N(Cc1ccccc1)c1ccccc12. The summed E-state index contributed by atoms with van der Waals surface area (Å²) in [6.45, 7) is 5.82. The fraction of sp³-hybridized carbons (Fsp3) is 0.350. The summed E-state index contributed by atoms with van der Waals surface area (Å²) < 4.78 is 0. The summed E-state index contributed by atoms with van der Waals surface area (Å²) in [7, 11) is 0. The van der Waals surface area contributed by atoms with Crippen LogP contribution in [0.3, 0.4) is 0 Å². The average Bonchev–Trinajstić information content (AvgIpc) is 3.00. The fourth-order valence-electron chi connectivity index (χ4n) is 4.32. The number of nitrogens with one attached hydrogen (secondary N) is 1. The van der Waals surface area contributed by atoms with E-state index in [-0.39, 0.29) is 11.4 Å². The lowest BCUT2D eigenvalue weighted by molar-refractivity contribution is -0.124. The first kappa shape index (κ1) is 14.5. The molecule has 2 aromatic rings. The number of hydrogen-bond acceptors (Lipinski definition) is 2. The second-order valence-electron chi connectivity index (χ2n) is 7.10. The molecule has 2 aliphatic heterocycles. The summed E-state index contributed by atoms with van der Waals surface area (Å²) in [6, 6.07) is 18.5. The highest BCUT2D eigenvalue weighted by molar-refractivity contribution is 6.09. The van der Waals surface area contributed by atoms with E-state index in [0.717, 1.165) is 24.2 Å². The highest BCUT2D eigenvalue weighted by Crippen LogP contribution is 2.52. The molecular weight excluding hydrogens is 284 g/mol. The normalized spacial score (nSPS) is 25.1. The summed E-state index contributed by atoms with van der Waals surface area (Å²) in [5.41, 5.74) is 2.73. The largest absolute Gasteiger partial charge is 0.310 e. The van der Waals surface area contributed by atoms with E-state index in [4.69, 9.17) is 0 Å². The quantitative estimate of drug-likeness (QED) is 0.924. The van der Waals surface area contributed by atoms with Crippen LogP contribution in [0.15, 0.2) is 54.6 Å². The number of nitrogens with zero attached hydrogens (tertiary/aromatic N) is 1. The topological polar surface area (TPSA) is 32.3 Å². The van der Waals surface area contributed by atoms with Crippen LogP contribution in [-0.4, -0.2) is 18.0 Å². The van der Waals surface area contributed by atoms with Crippen molar-refractivity contribution in [3.05, 3.63) is 65.7 Å². The number of fused-ring (bicyclic) bond motifs is 2. The number of hydrogen-bond donors (Lipinski definition) is 1. The maximum Gasteiger partial charge on any atom is 0.239 e. The smallest absolute Gasteiger partial charge is 0.239 e. The van der Waals surface area contributed by atoms with Crippen LogP contribution in [0.4, 0.5) is 5.69 Å². The maximum absolute atomic E-state index is 13.5. The van der Waals surface area contributed by atoms with Crippen molar-refractivity contribution in [1.82, 2.24) is 5.32 Å². The molecule has 1 N–H and O–H groups in total. The minimum Gasteiger partial charge on any atom is -0.310 e. The zero-order chi connectivity index (χ0) is 16.1. The lowest BCUT2D eigenvalue weighted by atomic mass is 9.68. The summed E-state index contributed by atoms with van der Waals surface area (Å²) >= 11 is 0. The van der Waals surface area contributed by atoms with Gasteiger partial charge in [0.25, 0.3) is 0 Å². The van der Waals surface area contributed by atoms with Gasteiger partial charge in [-0.15, -0.1) is 0 Å². The van der Waals surface area contributed by atoms with E-state index in [1.807, 2.05) is 35.2 Å². The number of rotatable bonds is 2. The van der Waals surface area contributed by atoms with Crippen LogP contribution < -0.4 is 10.2 Å². The van der Waals surface area contributed by atoms with Gasteiger partial charge in [0.15, 0.2) is 0 Å². The van der Waals surface area contributed by atoms with Crippen LogP contribution in [0.5, 0.6) is 0 Å². The first-order valence-corrected chi connectivity index (χ1v) is 8.27. The molecule has 3 nitrogen and oxygen atoms in total. The molecule has 4 rings (SSSR count). The Morgan fingerprint density at radius 3 is 2.43 bits per heavy atom. The van der Waals surface area contributed by atoms with Gasteiger partial charge in [0.05, 0.1) is 12.0 Å². The van der Waals surface area contributed by atoms with Crippen molar-refractivity contribution in [2.45, 2.75) is 37.8 Å². The van der Waals surface area contributed by atoms with E-state index in [9.17, 15) is 4.79 Å². The standard InChI is InChI=1S/C20H22N2O/c1-19(2)20(12-13-21-19)16-10-6-7-11-17(16)22(18(20)23)14-15-8-4-3-5-9-15/h3-11,21H,12-14H2,1-2H3. The van der Waals surface area contributed by atoms with Crippen LogP contribution >= 0.6 is 0 Å². The summed E-state index contributed by atoms with van der Waals surface area (Å²) in [4.78, 5) is 15.5. The highest BCUT2D eigenvalue weighted by atomic mass is 16.2. The van der Waals surface area contributed by atoms with E-state index >= 15 is 0 Å². The molecule has 3 heteroatoms. The number of carbonyl (C=O) groups is 1. The third kappa shape index (κ3) is 1.89. The van der Waals surface area contributed by atoms with Crippen LogP contribution in [-0.2, 0) is 16.8 Å². The van der Waals surface area contributed by atoms with Crippen molar-refractivity contribution < 1.29 is 4.79 Å². The zero-order valence-electron chi connectivity index (χ0n) is 13.7.